The van der Waals surface area contributed by atoms with Crippen LogP contribution >= 0.6 is 0 Å². The molecule has 3 N–H and O–H groups in total. The highest BCUT2D eigenvalue weighted by Crippen LogP contribution is 2.29. The molecule has 33 heavy (non-hydrogen) atoms. The van der Waals surface area contributed by atoms with Gasteiger partial charge in [0.25, 0.3) is 0 Å². The van der Waals surface area contributed by atoms with E-state index in [0.29, 0.717) is 49.1 Å². The lowest BCUT2D eigenvalue weighted by Crippen LogP contribution is -2.24. The van der Waals surface area contributed by atoms with Crippen molar-refractivity contribution in [3.05, 3.63) is 60.2 Å². The summed E-state index contributed by atoms with van der Waals surface area (Å²) in [6.45, 7) is 12.4. The fourth-order valence-corrected chi connectivity index (χ4v) is 3.64. The van der Waals surface area contributed by atoms with Crippen molar-refractivity contribution in [1.29, 1.82) is 0 Å². The average molecular weight is 450 g/mol. The van der Waals surface area contributed by atoms with Gasteiger partial charge in [-0.15, -0.1) is 0 Å². The predicted octanol–water partition coefficient (Wildman–Crippen LogP) is 4.21. The van der Waals surface area contributed by atoms with Crippen molar-refractivity contribution >= 4 is 28.8 Å². The highest BCUT2D eigenvalue weighted by atomic mass is 19.1. The van der Waals surface area contributed by atoms with E-state index >= 15 is 4.39 Å². The Hall–Kier alpha value is -3.68. The maximum atomic E-state index is 15.0. The Balaban J connectivity index is 2.14. The molecule has 0 aliphatic heterocycles. The average Bonchev–Trinajstić information content (AvgIpc) is 3.17. The van der Waals surface area contributed by atoms with Gasteiger partial charge < -0.3 is 20.5 Å². The first-order chi connectivity index (χ1) is 15.9. The first-order valence-corrected chi connectivity index (χ1v) is 11.2. The molecule has 0 radical (unpaired) electrons. The summed E-state index contributed by atoms with van der Waals surface area (Å²) >= 11 is 0. The van der Waals surface area contributed by atoms with Crippen molar-refractivity contribution < 1.29 is 4.39 Å². The number of halogens is 1. The van der Waals surface area contributed by atoms with Gasteiger partial charge >= 0.3 is 0 Å². The number of nitrogens with two attached hydrogens (primary N) is 1. The van der Waals surface area contributed by atoms with Crippen LogP contribution < -0.4 is 16.0 Å². The second kappa shape index (κ2) is 10.8. The summed E-state index contributed by atoms with van der Waals surface area (Å²) in [6, 6.07) is 7.40. The molecule has 0 aliphatic carbocycles. The largest absolute Gasteiger partial charge is 0.401 e. The van der Waals surface area contributed by atoms with E-state index in [0.717, 1.165) is 22.3 Å². The molecule has 3 aromatic rings. The summed E-state index contributed by atoms with van der Waals surface area (Å²) in [5.74, 6) is 0.561. The highest BCUT2D eigenvalue weighted by Gasteiger charge is 2.18. The summed E-state index contributed by atoms with van der Waals surface area (Å²) < 4.78 is 17.0. The first kappa shape index (κ1) is 24.0. The van der Waals surface area contributed by atoms with Gasteiger partial charge in [0.05, 0.1) is 17.6 Å². The standard InChI is InChI=1S/C25H32FN7/c1-6-29-12-11-20(27)16-33-23-10-9-18(17(4)28-5)14-22(23)31-24(33)19-13-21(26)25(30-15-19)32(7-2)8-3/h9-15,28H,4,6-8,16,27H2,1-3,5H3. The molecular weight excluding hydrogens is 417 g/mol. The molecule has 0 bridgehead atoms. The zero-order valence-corrected chi connectivity index (χ0v) is 19.8. The summed E-state index contributed by atoms with van der Waals surface area (Å²) in [5.41, 5.74) is 10.8. The van der Waals surface area contributed by atoms with Crippen LogP contribution in [0, 0.1) is 5.82 Å². The van der Waals surface area contributed by atoms with Gasteiger partial charge in [0.15, 0.2) is 11.6 Å². The quantitative estimate of drug-likeness (QED) is 0.453. The fraction of sp³-hybridized carbons (Fsp3) is 0.320. The number of rotatable bonds is 10. The predicted molar refractivity (Wildman–Crippen MR) is 136 cm³/mol. The Morgan fingerprint density at radius 2 is 2.03 bits per heavy atom. The number of hydrogen-bond donors (Lipinski definition) is 2. The third kappa shape index (κ3) is 5.22. The van der Waals surface area contributed by atoms with E-state index in [-0.39, 0.29) is 5.82 Å². The van der Waals surface area contributed by atoms with Crippen LogP contribution in [-0.4, -0.2) is 47.4 Å². The lowest BCUT2D eigenvalue weighted by atomic mass is 10.1. The third-order valence-corrected chi connectivity index (χ3v) is 5.46. The number of hydrogen-bond acceptors (Lipinski definition) is 6. The Bertz CT molecular complexity index is 1190. The molecule has 174 valence electrons. The lowest BCUT2D eigenvalue weighted by Gasteiger charge is -2.20. The van der Waals surface area contributed by atoms with Gasteiger partial charge in [0.1, 0.15) is 5.82 Å². The van der Waals surface area contributed by atoms with E-state index in [4.69, 9.17) is 10.7 Å². The molecule has 0 fully saturated rings. The number of imidazole rings is 1. The number of nitrogens with one attached hydrogen (secondary N) is 1. The van der Waals surface area contributed by atoms with Crippen LogP contribution in [0.5, 0.6) is 0 Å². The van der Waals surface area contributed by atoms with Crippen LogP contribution in [0.3, 0.4) is 0 Å². The molecular formula is C25H32FN7. The molecule has 0 amide bonds. The second-order valence-corrected chi connectivity index (χ2v) is 7.54. The molecule has 0 aliphatic rings. The van der Waals surface area contributed by atoms with Gasteiger partial charge in [-0.25, -0.2) is 14.4 Å². The van der Waals surface area contributed by atoms with Crippen molar-refractivity contribution in [3.8, 4) is 11.4 Å². The van der Waals surface area contributed by atoms with Crippen molar-refractivity contribution in [3.63, 3.8) is 0 Å². The highest BCUT2D eigenvalue weighted by molar-refractivity contribution is 5.84. The summed E-state index contributed by atoms with van der Waals surface area (Å²) in [7, 11) is 1.83. The molecule has 0 unspecified atom stereocenters. The Kier molecular flexibility index (Phi) is 7.82. The number of fused-ring (bicyclic) bond motifs is 1. The maximum absolute atomic E-state index is 15.0. The molecule has 0 spiro atoms. The number of nitrogens with zero attached hydrogens (tertiary/aromatic N) is 5. The number of benzene rings is 1. The molecule has 2 heterocycles. The number of allylic oxidation sites excluding steroid dienone is 2. The van der Waals surface area contributed by atoms with Gasteiger partial charge in [0, 0.05) is 56.1 Å². The third-order valence-electron chi connectivity index (χ3n) is 5.46. The number of anilines is 1. The zero-order valence-electron chi connectivity index (χ0n) is 19.8. The number of pyridine rings is 1. The molecule has 0 saturated heterocycles. The van der Waals surface area contributed by atoms with Crippen LogP contribution in [0.4, 0.5) is 10.2 Å². The van der Waals surface area contributed by atoms with Gasteiger partial charge in [-0.1, -0.05) is 12.6 Å². The van der Waals surface area contributed by atoms with Crippen LogP contribution in [0.1, 0.15) is 26.3 Å². The Morgan fingerprint density at radius 1 is 1.27 bits per heavy atom. The van der Waals surface area contributed by atoms with Gasteiger partial charge in [-0.05, 0) is 50.6 Å². The van der Waals surface area contributed by atoms with Crippen molar-refractivity contribution in [2.75, 3.05) is 31.6 Å². The van der Waals surface area contributed by atoms with Gasteiger partial charge in [-0.2, -0.15) is 0 Å². The van der Waals surface area contributed by atoms with E-state index in [2.05, 4.69) is 21.9 Å². The molecule has 7 nitrogen and oxygen atoms in total. The molecule has 3 rings (SSSR count). The van der Waals surface area contributed by atoms with E-state index < -0.39 is 0 Å². The van der Waals surface area contributed by atoms with E-state index in [9.17, 15) is 0 Å². The van der Waals surface area contributed by atoms with Crippen LogP contribution in [0.15, 0.2) is 53.8 Å². The van der Waals surface area contributed by atoms with Crippen molar-refractivity contribution in [2.45, 2.75) is 27.3 Å². The summed E-state index contributed by atoms with van der Waals surface area (Å²) in [4.78, 5) is 15.3. The first-order valence-electron chi connectivity index (χ1n) is 11.2. The van der Waals surface area contributed by atoms with Crippen molar-refractivity contribution in [1.82, 2.24) is 19.9 Å². The minimum Gasteiger partial charge on any atom is -0.401 e. The summed E-state index contributed by atoms with van der Waals surface area (Å²) in [5, 5.41) is 3.06. The van der Waals surface area contributed by atoms with Crippen molar-refractivity contribution in [2.24, 2.45) is 10.7 Å². The molecule has 0 saturated carbocycles. The van der Waals surface area contributed by atoms with Crippen LogP contribution in [0.2, 0.25) is 0 Å². The molecule has 8 heteroatoms. The lowest BCUT2D eigenvalue weighted by molar-refractivity contribution is 0.612. The van der Waals surface area contributed by atoms with Gasteiger partial charge in [0.2, 0.25) is 0 Å². The van der Waals surface area contributed by atoms with Gasteiger partial charge in [-0.3, -0.25) is 4.99 Å². The minimum atomic E-state index is -0.377. The molecule has 1 aromatic carbocycles. The number of aliphatic imine (C=N–C) groups is 1. The normalized spacial score (nSPS) is 12.0. The number of aromatic nitrogens is 3. The Morgan fingerprint density at radius 3 is 2.67 bits per heavy atom. The fourth-order valence-electron chi connectivity index (χ4n) is 3.64. The monoisotopic (exact) mass is 449 g/mol. The van der Waals surface area contributed by atoms with E-state index in [1.165, 1.54) is 6.07 Å². The minimum absolute atomic E-state index is 0.342. The second-order valence-electron chi connectivity index (χ2n) is 7.54. The Labute approximate surface area is 194 Å². The SMILES string of the molecule is C=C(NC)c1ccc2c(c1)nc(-c1cnc(N(CC)CC)c(F)c1)n2CC(N)=CC=NCC. The molecule has 2 aromatic heterocycles. The summed E-state index contributed by atoms with van der Waals surface area (Å²) in [6.07, 6.45) is 5.14. The van der Waals surface area contributed by atoms with E-state index in [1.807, 2.05) is 55.5 Å². The van der Waals surface area contributed by atoms with Crippen LogP contribution in [0.25, 0.3) is 28.1 Å². The maximum Gasteiger partial charge on any atom is 0.166 e. The zero-order chi connectivity index (χ0) is 24.0. The topological polar surface area (TPSA) is 84.4 Å². The van der Waals surface area contributed by atoms with Crippen LogP contribution in [-0.2, 0) is 6.54 Å². The smallest absolute Gasteiger partial charge is 0.166 e. The molecule has 0 atom stereocenters. The van der Waals surface area contributed by atoms with E-state index in [1.54, 1.807) is 18.5 Å².